The van der Waals surface area contributed by atoms with Crippen molar-refractivity contribution in [3.05, 3.63) is 23.9 Å². The average molecular weight is 375 g/mol. The highest BCUT2D eigenvalue weighted by molar-refractivity contribution is 5.79. The van der Waals surface area contributed by atoms with Gasteiger partial charge in [0.25, 0.3) is 0 Å². The molecular weight excluding hydrogens is 340 g/mol. The molecule has 0 aliphatic carbocycles. The number of piperidine rings is 1. The van der Waals surface area contributed by atoms with Crippen molar-refractivity contribution in [1.82, 2.24) is 20.1 Å². The Morgan fingerprint density at radius 2 is 1.93 bits per heavy atom. The van der Waals surface area contributed by atoms with Gasteiger partial charge in [-0.15, -0.1) is 0 Å². The van der Waals surface area contributed by atoms with E-state index in [4.69, 9.17) is 4.74 Å². The van der Waals surface area contributed by atoms with E-state index in [2.05, 4.69) is 56.1 Å². The van der Waals surface area contributed by atoms with Gasteiger partial charge in [0.2, 0.25) is 0 Å². The van der Waals surface area contributed by atoms with Gasteiger partial charge in [-0.25, -0.2) is 4.98 Å². The summed E-state index contributed by atoms with van der Waals surface area (Å²) in [5.74, 6) is 2.04. The number of anilines is 1. The molecule has 1 aromatic rings. The molecule has 0 spiro atoms. The minimum Gasteiger partial charge on any atom is -0.378 e. The topological polar surface area (TPSA) is 56.2 Å². The van der Waals surface area contributed by atoms with Crippen molar-refractivity contribution in [2.45, 2.75) is 32.4 Å². The molecule has 0 amide bonds. The molecule has 0 unspecified atom stereocenters. The summed E-state index contributed by atoms with van der Waals surface area (Å²) in [4.78, 5) is 16.2. The first kappa shape index (κ1) is 19.9. The average Bonchev–Trinajstić information content (AvgIpc) is 2.71. The lowest BCUT2D eigenvalue weighted by atomic mass is 10.1. The van der Waals surface area contributed by atoms with Crippen LogP contribution in [0.1, 0.15) is 25.3 Å². The number of ether oxygens (including phenoxy) is 1. The number of nitrogens with zero attached hydrogens (tertiary/aromatic N) is 5. The Bertz CT molecular complexity index is 589. The molecular formula is C20H34N6O. The van der Waals surface area contributed by atoms with Crippen molar-refractivity contribution in [3.8, 4) is 0 Å². The first-order valence-corrected chi connectivity index (χ1v) is 10.1. The van der Waals surface area contributed by atoms with Gasteiger partial charge in [-0.05, 0) is 38.4 Å². The Labute approximate surface area is 163 Å². The highest BCUT2D eigenvalue weighted by Gasteiger charge is 2.21. The van der Waals surface area contributed by atoms with Crippen LogP contribution in [0, 0.1) is 0 Å². The summed E-state index contributed by atoms with van der Waals surface area (Å²) in [5, 5.41) is 3.48. The van der Waals surface area contributed by atoms with Gasteiger partial charge in [0.15, 0.2) is 5.96 Å². The van der Waals surface area contributed by atoms with Crippen molar-refractivity contribution in [2.75, 3.05) is 64.9 Å². The number of likely N-dealkylation sites (N-methyl/N-ethyl adjacent to an activating group) is 1. The molecule has 150 valence electrons. The minimum atomic E-state index is 0.399. The van der Waals surface area contributed by atoms with E-state index in [-0.39, 0.29) is 0 Å². The number of pyridine rings is 1. The molecule has 2 aliphatic heterocycles. The highest BCUT2D eigenvalue weighted by atomic mass is 16.5. The van der Waals surface area contributed by atoms with E-state index in [1.165, 1.54) is 5.56 Å². The molecule has 27 heavy (non-hydrogen) atoms. The zero-order valence-electron chi connectivity index (χ0n) is 17.0. The molecule has 0 aromatic carbocycles. The van der Waals surface area contributed by atoms with Crippen LogP contribution in [-0.4, -0.2) is 86.8 Å². The van der Waals surface area contributed by atoms with Gasteiger partial charge in [-0.2, -0.15) is 0 Å². The van der Waals surface area contributed by atoms with Gasteiger partial charge in [-0.3, -0.25) is 4.99 Å². The predicted molar refractivity (Wildman–Crippen MR) is 110 cm³/mol. The second kappa shape index (κ2) is 9.90. The first-order chi connectivity index (χ1) is 13.2. The molecule has 0 bridgehead atoms. The van der Waals surface area contributed by atoms with Crippen LogP contribution >= 0.6 is 0 Å². The van der Waals surface area contributed by atoms with E-state index < -0.39 is 0 Å². The third-order valence-corrected chi connectivity index (χ3v) is 5.44. The van der Waals surface area contributed by atoms with Crippen molar-refractivity contribution in [2.24, 2.45) is 4.99 Å². The van der Waals surface area contributed by atoms with Gasteiger partial charge in [-0.1, -0.05) is 6.07 Å². The van der Waals surface area contributed by atoms with Gasteiger partial charge < -0.3 is 24.8 Å². The summed E-state index contributed by atoms with van der Waals surface area (Å²) in [6.07, 6.45) is 4.51. The molecule has 2 aliphatic rings. The number of guanidine groups is 1. The Morgan fingerprint density at radius 1 is 1.19 bits per heavy atom. The lowest BCUT2D eigenvalue weighted by Crippen LogP contribution is -2.46. The maximum atomic E-state index is 5.74. The van der Waals surface area contributed by atoms with Gasteiger partial charge in [0, 0.05) is 65.7 Å². The fourth-order valence-corrected chi connectivity index (χ4v) is 3.73. The van der Waals surface area contributed by atoms with E-state index in [9.17, 15) is 0 Å². The van der Waals surface area contributed by atoms with E-state index in [0.717, 1.165) is 77.0 Å². The molecule has 2 fully saturated rings. The minimum absolute atomic E-state index is 0.399. The summed E-state index contributed by atoms with van der Waals surface area (Å²) in [5.41, 5.74) is 1.18. The van der Waals surface area contributed by atoms with Crippen LogP contribution in [0.4, 0.5) is 5.82 Å². The van der Waals surface area contributed by atoms with Crippen LogP contribution in [0.5, 0.6) is 0 Å². The molecule has 0 atom stereocenters. The summed E-state index contributed by atoms with van der Waals surface area (Å²) >= 11 is 0. The maximum Gasteiger partial charge on any atom is 0.193 e. The molecule has 1 N–H and O–H groups in total. The van der Waals surface area contributed by atoms with Crippen molar-refractivity contribution in [1.29, 1.82) is 0 Å². The van der Waals surface area contributed by atoms with E-state index in [0.29, 0.717) is 6.10 Å². The Balaban J connectivity index is 1.47. The van der Waals surface area contributed by atoms with Crippen molar-refractivity contribution < 1.29 is 4.74 Å². The normalized spacial score (nSPS) is 20.2. The molecule has 2 saturated heterocycles. The van der Waals surface area contributed by atoms with E-state index >= 15 is 0 Å². The third-order valence-electron chi connectivity index (χ3n) is 5.44. The number of aromatic nitrogens is 1. The summed E-state index contributed by atoms with van der Waals surface area (Å²) in [7, 11) is 4.03. The number of aliphatic imine (C=N–C) groups is 1. The predicted octanol–water partition coefficient (Wildman–Crippen LogP) is 1.41. The van der Waals surface area contributed by atoms with Crippen LogP contribution in [0.3, 0.4) is 0 Å². The van der Waals surface area contributed by atoms with E-state index in [1.807, 2.05) is 13.2 Å². The molecule has 3 rings (SSSR count). The van der Waals surface area contributed by atoms with Crippen LogP contribution in [-0.2, 0) is 11.3 Å². The zero-order valence-corrected chi connectivity index (χ0v) is 17.0. The zero-order chi connectivity index (χ0) is 19.1. The SMILES string of the molecule is CCOC1CCN(C(=NC)NCc2ccc(N3CCN(C)CC3)nc2)CC1. The molecule has 1 aromatic heterocycles. The number of rotatable bonds is 5. The van der Waals surface area contributed by atoms with Gasteiger partial charge in [0.1, 0.15) is 5.82 Å². The highest BCUT2D eigenvalue weighted by Crippen LogP contribution is 2.15. The Kier molecular flexibility index (Phi) is 7.29. The number of hydrogen-bond acceptors (Lipinski definition) is 5. The van der Waals surface area contributed by atoms with Crippen molar-refractivity contribution in [3.63, 3.8) is 0 Å². The third kappa shape index (κ3) is 5.56. The second-order valence-corrected chi connectivity index (χ2v) is 7.36. The summed E-state index contributed by atoms with van der Waals surface area (Å²) in [6, 6.07) is 4.31. The molecule has 3 heterocycles. The van der Waals surface area contributed by atoms with Crippen molar-refractivity contribution >= 4 is 11.8 Å². The van der Waals surface area contributed by atoms with Crippen LogP contribution in [0.2, 0.25) is 0 Å². The fraction of sp³-hybridized carbons (Fsp3) is 0.700. The Morgan fingerprint density at radius 3 is 2.52 bits per heavy atom. The summed E-state index contributed by atoms with van der Waals surface area (Å²) in [6.45, 7) is 9.88. The number of nitrogens with one attached hydrogen (secondary N) is 1. The molecule has 7 nitrogen and oxygen atoms in total. The first-order valence-electron chi connectivity index (χ1n) is 10.1. The monoisotopic (exact) mass is 374 g/mol. The lowest BCUT2D eigenvalue weighted by Gasteiger charge is -2.34. The standard InChI is InChI=1S/C20H34N6O/c1-4-27-18-7-9-26(10-8-18)20(21-2)23-16-17-5-6-19(22-15-17)25-13-11-24(3)12-14-25/h5-6,15,18H,4,7-14,16H2,1-3H3,(H,21,23). The van der Waals surface area contributed by atoms with E-state index in [1.54, 1.807) is 0 Å². The van der Waals surface area contributed by atoms with Gasteiger partial charge >= 0.3 is 0 Å². The van der Waals surface area contributed by atoms with Crippen LogP contribution in [0.15, 0.2) is 23.3 Å². The maximum absolute atomic E-state index is 5.74. The lowest BCUT2D eigenvalue weighted by molar-refractivity contribution is 0.0263. The van der Waals surface area contributed by atoms with Gasteiger partial charge in [0.05, 0.1) is 6.10 Å². The quantitative estimate of drug-likeness (QED) is 0.621. The largest absolute Gasteiger partial charge is 0.378 e. The molecule has 0 saturated carbocycles. The second-order valence-electron chi connectivity index (χ2n) is 7.36. The number of piperazine rings is 1. The number of hydrogen-bond donors (Lipinski definition) is 1. The fourth-order valence-electron chi connectivity index (χ4n) is 3.73. The molecule has 0 radical (unpaired) electrons. The number of likely N-dealkylation sites (tertiary alicyclic amines) is 1. The Hall–Kier alpha value is -1.86. The molecule has 7 heteroatoms. The summed E-state index contributed by atoms with van der Waals surface area (Å²) < 4.78 is 5.74. The smallest absolute Gasteiger partial charge is 0.193 e. The van der Waals surface area contributed by atoms with Crippen LogP contribution < -0.4 is 10.2 Å². The van der Waals surface area contributed by atoms with Crippen LogP contribution in [0.25, 0.3) is 0 Å².